The highest BCUT2D eigenvalue weighted by molar-refractivity contribution is 5.89. The van der Waals surface area contributed by atoms with Crippen molar-refractivity contribution in [3.05, 3.63) is 65.2 Å². The highest BCUT2D eigenvalue weighted by atomic mass is 35.5. The molecule has 1 atom stereocenters. The molecule has 0 spiro atoms. The van der Waals surface area contributed by atoms with Crippen LogP contribution in [0.3, 0.4) is 0 Å². The first-order valence-corrected chi connectivity index (χ1v) is 11.4. The third kappa shape index (κ3) is 8.12. The van der Waals surface area contributed by atoms with Gasteiger partial charge < -0.3 is 10.6 Å². The fourth-order valence-electron chi connectivity index (χ4n) is 4.40. The monoisotopic (exact) mass is 428 g/mol. The van der Waals surface area contributed by atoms with Crippen molar-refractivity contribution in [3.63, 3.8) is 0 Å². The van der Waals surface area contributed by atoms with Gasteiger partial charge in [-0.05, 0) is 67.8 Å². The standard InChI is InChI=1S/C26H36N2O.ClH/c1-21(29)28-26-16-11-15-23-20-24(17-18-25(23)26)27-19-10-5-3-2-4-7-12-22-13-8-6-9-14-22;/h6,8-9,11,13-16,24,27H,2-5,7,10,12,17-20H2,1H3,(H,28,29);1H. The number of halogens is 1. The largest absolute Gasteiger partial charge is 0.326 e. The first kappa shape index (κ1) is 24.4. The first-order chi connectivity index (χ1) is 14.2. The molecule has 0 bridgehead atoms. The Labute approximate surface area is 188 Å². The molecule has 2 aromatic rings. The second-order valence-corrected chi connectivity index (χ2v) is 8.38. The van der Waals surface area contributed by atoms with Gasteiger partial charge in [-0.25, -0.2) is 0 Å². The van der Waals surface area contributed by atoms with E-state index in [1.165, 1.54) is 61.6 Å². The Balaban J connectivity index is 0.00000320. The molecule has 0 saturated carbocycles. The van der Waals surface area contributed by atoms with Crippen LogP contribution < -0.4 is 10.6 Å². The van der Waals surface area contributed by atoms with Crippen LogP contribution in [0.4, 0.5) is 5.69 Å². The highest BCUT2D eigenvalue weighted by Gasteiger charge is 2.20. The predicted molar refractivity (Wildman–Crippen MR) is 130 cm³/mol. The summed E-state index contributed by atoms with van der Waals surface area (Å²) in [6, 6.07) is 17.7. The van der Waals surface area contributed by atoms with Crippen LogP contribution >= 0.6 is 12.4 Å². The summed E-state index contributed by atoms with van der Waals surface area (Å²) < 4.78 is 0. The molecule has 1 aliphatic carbocycles. The summed E-state index contributed by atoms with van der Waals surface area (Å²) in [6.45, 7) is 2.70. The number of fused-ring (bicyclic) bond motifs is 1. The number of unbranched alkanes of at least 4 members (excludes halogenated alkanes) is 5. The molecule has 1 aliphatic rings. The van der Waals surface area contributed by atoms with Gasteiger partial charge in [0, 0.05) is 18.7 Å². The number of hydrogen-bond acceptors (Lipinski definition) is 2. The van der Waals surface area contributed by atoms with Gasteiger partial charge in [0.2, 0.25) is 5.91 Å². The zero-order valence-electron chi connectivity index (χ0n) is 18.3. The molecule has 164 valence electrons. The van der Waals surface area contributed by atoms with E-state index in [1.54, 1.807) is 6.92 Å². The van der Waals surface area contributed by atoms with Crippen molar-refractivity contribution in [2.45, 2.75) is 77.2 Å². The number of carbonyl (C=O) groups excluding carboxylic acids is 1. The lowest BCUT2D eigenvalue weighted by Gasteiger charge is -2.27. The summed E-state index contributed by atoms with van der Waals surface area (Å²) >= 11 is 0. The molecule has 2 N–H and O–H groups in total. The molecule has 3 rings (SSSR count). The number of amides is 1. The van der Waals surface area contributed by atoms with E-state index in [9.17, 15) is 4.79 Å². The number of carbonyl (C=O) groups is 1. The van der Waals surface area contributed by atoms with Crippen LogP contribution in [0, 0.1) is 0 Å². The average molecular weight is 429 g/mol. The molecule has 0 fully saturated rings. The number of nitrogens with one attached hydrogen (secondary N) is 2. The summed E-state index contributed by atoms with van der Waals surface area (Å²) in [5.74, 6) is 0.0127. The summed E-state index contributed by atoms with van der Waals surface area (Å²) in [4.78, 5) is 11.4. The molecular formula is C26H37ClN2O. The van der Waals surface area contributed by atoms with Crippen LogP contribution in [0.15, 0.2) is 48.5 Å². The highest BCUT2D eigenvalue weighted by Crippen LogP contribution is 2.28. The minimum atomic E-state index is 0. The summed E-state index contributed by atoms with van der Waals surface area (Å²) in [7, 11) is 0. The number of aryl methyl sites for hydroxylation is 1. The van der Waals surface area contributed by atoms with Crippen LogP contribution in [-0.4, -0.2) is 18.5 Å². The molecule has 2 aromatic carbocycles. The Morgan fingerprint density at radius 1 is 0.933 bits per heavy atom. The van der Waals surface area contributed by atoms with Crippen molar-refractivity contribution < 1.29 is 4.79 Å². The number of hydrogen-bond donors (Lipinski definition) is 2. The van der Waals surface area contributed by atoms with Crippen molar-refractivity contribution in [1.82, 2.24) is 5.32 Å². The van der Waals surface area contributed by atoms with Crippen molar-refractivity contribution in [1.29, 1.82) is 0 Å². The minimum absolute atomic E-state index is 0. The van der Waals surface area contributed by atoms with Gasteiger partial charge in [0.15, 0.2) is 0 Å². The Morgan fingerprint density at radius 2 is 1.67 bits per heavy atom. The third-order valence-corrected chi connectivity index (χ3v) is 5.96. The van der Waals surface area contributed by atoms with Crippen molar-refractivity contribution in [2.75, 3.05) is 11.9 Å². The zero-order chi connectivity index (χ0) is 20.3. The van der Waals surface area contributed by atoms with Crippen molar-refractivity contribution in [2.24, 2.45) is 0 Å². The van der Waals surface area contributed by atoms with Gasteiger partial charge in [-0.15, -0.1) is 12.4 Å². The van der Waals surface area contributed by atoms with Gasteiger partial charge >= 0.3 is 0 Å². The summed E-state index contributed by atoms with van der Waals surface area (Å²) in [5.41, 5.74) is 5.19. The maximum Gasteiger partial charge on any atom is 0.221 e. The van der Waals surface area contributed by atoms with Crippen LogP contribution in [0.1, 0.15) is 68.6 Å². The van der Waals surface area contributed by atoms with Gasteiger partial charge in [-0.2, -0.15) is 0 Å². The number of benzene rings is 2. The molecule has 4 heteroatoms. The van der Waals surface area contributed by atoms with E-state index in [2.05, 4.69) is 53.1 Å². The molecule has 1 amide bonds. The fourth-order valence-corrected chi connectivity index (χ4v) is 4.40. The van der Waals surface area contributed by atoms with Gasteiger partial charge in [0.1, 0.15) is 0 Å². The molecule has 0 aromatic heterocycles. The second-order valence-electron chi connectivity index (χ2n) is 8.38. The Hall–Kier alpha value is -1.84. The summed E-state index contributed by atoms with van der Waals surface area (Å²) in [5, 5.41) is 6.74. The lowest BCUT2D eigenvalue weighted by Crippen LogP contribution is -2.35. The van der Waals surface area contributed by atoms with Gasteiger partial charge in [0.25, 0.3) is 0 Å². The first-order valence-electron chi connectivity index (χ1n) is 11.4. The maximum absolute atomic E-state index is 11.4. The number of anilines is 1. The van der Waals surface area contributed by atoms with E-state index < -0.39 is 0 Å². The Morgan fingerprint density at radius 3 is 2.43 bits per heavy atom. The fraction of sp³-hybridized carbons (Fsp3) is 0.500. The van der Waals surface area contributed by atoms with E-state index >= 15 is 0 Å². The lowest BCUT2D eigenvalue weighted by molar-refractivity contribution is -0.114. The number of rotatable bonds is 11. The van der Waals surface area contributed by atoms with Crippen LogP contribution in [0.25, 0.3) is 0 Å². The van der Waals surface area contributed by atoms with E-state index in [0.29, 0.717) is 6.04 Å². The van der Waals surface area contributed by atoms with Crippen LogP contribution in [-0.2, 0) is 24.1 Å². The molecule has 0 aliphatic heterocycles. The Kier molecular flexibility index (Phi) is 11.0. The molecular weight excluding hydrogens is 392 g/mol. The van der Waals surface area contributed by atoms with Gasteiger partial charge in [-0.1, -0.05) is 68.1 Å². The van der Waals surface area contributed by atoms with E-state index in [1.807, 2.05) is 6.07 Å². The van der Waals surface area contributed by atoms with Crippen molar-refractivity contribution in [3.8, 4) is 0 Å². The minimum Gasteiger partial charge on any atom is -0.326 e. The summed E-state index contributed by atoms with van der Waals surface area (Å²) in [6.07, 6.45) is 12.5. The SMILES string of the molecule is CC(=O)Nc1cccc2c1CCC(NCCCCCCCCc1ccccc1)C2.Cl. The molecule has 1 unspecified atom stereocenters. The molecule has 3 nitrogen and oxygen atoms in total. The second kappa shape index (κ2) is 13.5. The quantitative estimate of drug-likeness (QED) is 0.424. The average Bonchev–Trinajstić information content (AvgIpc) is 2.73. The normalized spacial score (nSPS) is 15.2. The van der Waals surface area contributed by atoms with Crippen molar-refractivity contribution >= 4 is 24.0 Å². The topological polar surface area (TPSA) is 41.1 Å². The van der Waals surface area contributed by atoms with E-state index in [4.69, 9.17) is 0 Å². The smallest absolute Gasteiger partial charge is 0.221 e. The zero-order valence-corrected chi connectivity index (χ0v) is 19.1. The molecule has 0 radical (unpaired) electrons. The van der Waals surface area contributed by atoms with E-state index in [-0.39, 0.29) is 18.3 Å². The van der Waals surface area contributed by atoms with Gasteiger partial charge in [0.05, 0.1) is 0 Å². The molecule has 30 heavy (non-hydrogen) atoms. The van der Waals surface area contributed by atoms with Crippen LogP contribution in [0.2, 0.25) is 0 Å². The van der Waals surface area contributed by atoms with Gasteiger partial charge in [-0.3, -0.25) is 4.79 Å². The Bertz CT molecular complexity index is 763. The molecule has 0 saturated heterocycles. The molecule has 0 heterocycles. The predicted octanol–water partition coefficient (Wildman–Crippen LogP) is 6.10. The van der Waals surface area contributed by atoms with E-state index in [0.717, 1.165) is 31.5 Å². The third-order valence-electron chi connectivity index (χ3n) is 5.96. The van der Waals surface area contributed by atoms with Crippen LogP contribution in [0.5, 0.6) is 0 Å². The maximum atomic E-state index is 11.4. The lowest BCUT2D eigenvalue weighted by atomic mass is 9.87.